The van der Waals surface area contributed by atoms with Crippen molar-refractivity contribution in [3.8, 4) is 11.1 Å². The van der Waals surface area contributed by atoms with Crippen molar-refractivity contribution in [2.75, 3.05) is 11.9 Å². The molecule has 1 heterocycles. The number of anilines is 1. The number of carbonyl (C=O) groups excluding carboxylic acids is 2. The molecule has 5 rings (SSSR count). The molecule has 0 spiro atoms. The second-order valence-corrected chi connectivity index (χ2v) is 9.03. The Labute approximate surface area is 202 Å². The van der Waals surface area contributed by atoms with E-state index in [1.807, 2.05) is 36.4 Å². The lowest BCUT2D eigenvalue weighted by molar-refractivity contribution is -0.118. The number of amides is 2. The number of carboxylic acids is 1. The first-order valence-electron chi connectivity index (χ1n) is 11.6. The summed E-state index contributed by atoms with van der Waals surface area (Å²) in [5.74, 6) is -1.38. The molecule has 1 fully saturated rings. The van der Waals surface area contributed by atoms with Gasteiger partial charge in [0.1, 0.15) is 24.0 Å². The van der Waals surface area contributed by atoms with E-state index in [9.17, 15) is 19.5 Å². The summed E-state index contributed by atoms with van der Waals surface area (Å²) in [4.78, 5) is 37.2. The van der Waals surface area contributed by atoms with Crippen LogP contribution in [0.25, 0.3) is 11.1 Å². The molecule has 0 saturated heterocycles. The van der Waals surface area contributed by atoms with E-state index in [1.54, 1.807) is 0 Å². The average molecular weight is 475 g/mol. The van der Waals surface area contributed by atoms with Crippen LogP contribution in [-0.4, -0.2) is 45.5 Å². The number of fused-ring (bicyclic) bond motifs is 3. The largest absolute Gasteiger partial charge is 0.477 e. The van der Waals surface area contributed by atoms with Crippen molar-refractivity contribution >= 4 is 23.8 Å². The normalized spacial score (nSPS) is 15.1. The third kappa shape index (κ3) is 4.62. The van der Waals surface area contributed by atoms with Crippen LogP contribution in [0.4, 0.5) is 10.6 Å². The topological polar surface area (TPSA) is 123 Å². The molecule has 1 unspecified atom stereocenters. The van der Waals surface area contributed by atoms with Crippen molar-refractivity contribution in [3.63, 3.8) is 0 Å². The predicted octanol–water partition coefficient (Wildman–Crippen LogP) is 3.76. The molecule has 0 radical (unpaired) electrons. The van der Waals surface area contributed by atoms with Gasteiger partial charge in [-0.25, -0.2) is 9.59 Å². The number of aromatic nitrogens is 2. The van der Waals surface area contributed by atoms with E-state index in [0.717, 1.165) is 35.1 Å². The summed E-state index contributed by atoms with van der Waals surface area (Å²) >= 11 is 0. The van der Waals surface area contributed by atoms with Crippen molar-refractivity contribution in [1.29, 1.82) is 0 Å². The number of rotatable bonds is 8. The van der Waals surface area contributed by atoms with Crippen LogP contribution in [0.2, 0.25) is 0 Å². The van der Waals surface area contributed by atoms with Gasteiger partial charge in [-0.3, -0.25) is 9.48 Å². The summed E-state index contributed by atoms with van der Waals surface area (Å²) in [5.41, 5.74) is 4.35. The minimum absolute atomic E-state index is 0.0673. The van der Waals surface area contributed by atoms with E-state index in [0.29, 0.717) is 12.3 Å². The zero-order chi connectivity index (χ0) is 24.5. The molecule has 2 amide bonds. The van der Waals surface area contributed by atoms with E-state index < -0.39 is 24.0 Å². The molecule has 2 aliphatic rings. The lowest BCUT2D eigenvalue weighted by Gasteiger charge is -2.20. The first-order chi connectivity index (χ1) is 16.9. The number of alkyl carbamates (subject to hydrolysis) is 1. The van der Waals surface area contributed by atoms with Gasteiger partial charge in [-0.1, -0.05) is 61.4 Å². The monoisotopic (exact) mass is 474 g/mol. The standard InChI is InChI=1S/C26H26N4O5/c1-30-23(20(13-27-30)25(32)33)29-24(31)22(12-15-10-11-15)28-26(34)35-14-21-18-8-4-2-6-16(18)17-7-3-5-9-19(17)21/h2-9,13,15,21-22H,10-12,14H2,1H3,(H,28,34)(H,29,31)(H,32,33). The summed E-state index contributed by atoms with van der Waals surface area (Å²) in [7, 11) is 1.54. The zero-order valence-corrected chi connectivity index (χ0v) is 19.2. The summed E-state index contributed by atoms with van der Waals surface area (Å²) in [6, 6.07) is 15.3. The van der Waals surface area contributed by atoms with Gasteiger partial charge in [-0.15, -0.1) is 0 Å². The SMILES string of the molecule is Cn1ncc(C(=O)O)c1NC(=O)C(CC1CC1)NC(=O)OCC1c2ccccc2-c2ccccc21. The molecule has 3 aromatic rings. The molecule has 1 atom stereocenters. The Morgan fingerprint density at radius 3 is 2.31 bits per heavy atom. The summed E-state index contributed by atoms with van der Waals surface area (Å²) in [5, 5.41) is 18.6. The minimum Gasteiger partial charge on any atom is -0.477 e. The highest BCUT2D eigenvalue weighted by atomic mass is 16.5. The molecule has 0 aliphatic heterocycles. The van der Waals surface area contributed by atoms with Gasteiger partial charge in [0.25, 0.3) is 0 Å². The smallest absolute Gasteiger partial charge is 0.407 e. The van der Waals surface area contributed by atoms with Crippen LogP contribution in [0.5, 0.6) is 0 Å². The fraction of sp³-hybridized carbons (Fsp3) is 0.308. The van der Waals surface area contributed by atoms with Crippen LogP contribution >= 0.6 is 0 Å². The van der Waals surface area contributed by atoms with Crippen molar-refractivity contribution in [3.05, 3.63) is 71.4 Å². The van der Waals surface area contributed by atoms with Gasteiger partial charge in [0.15, 0.2) is 0 Å². The first kappa shape index (κ1) is 22.6. The second kappa shape index (κ2) is 9.25. The van der Waals surface area contributed by atoms with Crippen LogP contribution in [0.3, 0.4) is 0 Å². The highest BCUT2D eigenvalue weighted by molar-refractivity contribution is 6.01. The van der Waals surface area contributed by atoms with Crippen molar-refractivity contribution in [2.24, 2.45) is 13.0 Å². The molecule has 1 saturated carbocycles. The number of nitrogens with one attached hydrogen (secondary N) is 2. The average Bonchev–Trinajstić information content (AvgIpc) is 3.51. The minimum atomic E-state index is -1.20. The Morgan fingerprint density at radius 2 is 1.71 bits per heavy atom. The Kier molecular flexibility index (Phi) is 5.98. The van der Waals surface area contributed by atoms with Crippen LogP contribution in [0, 0.1) is 5.92 Å². The number of benzene rings is 2. The summed E-state index contributed by atoms with van der Waals surface area (Å²) in [6.07, 6.45) is 2.92. The summed E-state index contributed by atoms with van der Waals surface area (Å²) in [6.45, 7) is 0.141. The number of ether oxygens (including phenoxy) is 1. The first-order valence-corrected chi connectivity index (χ1v) is 11.6. The van der Waals surface area contributed by atoms with Crippen LogP contribution < -0.4 is 10.6 Å². The van der Waals surface area contributed by atoms with E-state index >= 15 is 0 Å². The van der Waals surface area contributed by atoms with Gasteiger partial charge in [0.2, 0.25) is 5.91 Å². The number of hydrogen-bond donors (Lipinski definition) is 3. The predicted molar refractivity (Wildman–Crippen MR) is 128 cm³/mol. The third-order valence-corrected chi connectivity index (χ3v) is 6.63. The quantitative estimate of drug-likeness (QED) is 0.457. The Morgan fingerprint density at radius 1 is 1.09 bits per heavy atom. The number of hydrogen-bond acceptors (Lipinski definition) is 5. The Balaban J connectivity index is 1.27. The van der Waals surface area contributed by atoms with Crippen LogP contribution in [0.15, 0.2) is 54.7 Å². The van der Waals surface area contributed by atoms with Gasteiger partial charge >= 0.3 is 12.1 Å². The van der Waals surface area contributed by atoms with E-state index in [1.165, 1.54) is 17.9 Å². The Bertz CT molecular complexity index is 1250. The van der Waals surface area contributed by atoms with Gasteiger partial charge in [-0.05, 0) is 34.6 Å². The molecule has 180 valence electrons. The zero-order valence-electron chi connectivity index (χ0n) is 19.2. The number of carbonyl (C=O) groups is 3. The maximum Gasteiger partial charge on any atom is 0.407 e. The van der Waals surface area contributed by atoms with Crippen molar-refractivity contribution in [1.82, 2.24) is 15.1 Å². The molecule has 2 aromatic carbocycles. The molecular formula is C26H26N4O5. The lowest BCUT2D eigenvalue weighted by Crippen LogP contribution is -2.45. The molecule has 9 heteroatoms. The maximum atomic E-state index is 13.0. The highest BCUT2D eigenvalue weighted by Gasteiger charge is 2.33. The van der Waals surface area contributed by atoms with Crippen LogP contribution in [-0.2, 0) is 16.6 Å². The van der Waals surface area contributed by atoms with Gasteiger partial charge in [0, 0.05) is 13.0 Å². The van der Waals surface area contributed by atoms with E-state index in [2.05, 4.69) is 27.9 Å². The fourth-order valence-corrected chi connectivity index (χ4v) is 4.65. The molecular weight excluding hydrogens is 448 g/mol. The van der Waals surface area contributed by atoms with Crippen molar-refractivity contribution in [2.45, 2.75) is 31.2 Å². The molecule has 3 N–H and O–H groups in total. The molecule has 1 aromatic heterocycles. The van der Waals surface area contributed by atoms with Crippen LogP contribution in [0.1, 0.15) is 46.7 Å². The molecule has 9 nitrogen and oxygen atoms in total. The number of carboxylic acid groups (broad SMARTS) is 1. The molecule has 0 bridgehead atoms. The van der Waals surface area contributed by atoms with E-state index in [4.69, 9.17) is 4.74 Å². The third-order valence-electron chi connectivity index (χ3n) is 6.63. The maximum absolute atomic E-state index is 13.0. The molecule has 35 heavy (non-hydrogen) atoms. The molecule has 2 aliphatic carbocycles. The van der Waals surface area contributed by atoms with Gasteiger partial charge in [-0.2, -0.15) is 5.10 Å². The number of nitrogens with zero attached hydrogens (tertiary/aromatic N) is 2. The Hall–Kier alpha value is -4.14. The highest BCUT2D eigenvalue weighted by Crippen LogP contribution is 2.44. The van der Waals surface area contributed by atoms with Gasteiger partial charge in [0.05, 0.1) is 6.20 Å². The summed E-state index contributed by atoms with van der Waals surface area (Å²) < 4.78 is 6.88. The van der Waals surface area contributed by atoms with Gasteiger partial charge < -0.3 is 20.5 Å². The van der Waals surface area contributed by atoms with E-state index in [-0.39, 0.29) is 23.9 Å². The number of aromatic carboxylic acids is 1. The van der Waals surface area contributed by atoms with Crippen molar-refractivity contribution < 1.29 is 24.2 Å². The lowest BCUT2D eigenvalue weighted by atomic mass is 9.98. The second-order valence-electron chi connectivity index (χ2n) is 9.03. The fourth-order valence-electron chi connectivity index (χ4n) is 4.65. The number of aryl methyl sites for hydroxylation is 1.